The number of anilines is 1. The molecule has 5 rings (SSSR count). The quantitative estimate of drug-likeness (QED) is 0.643. The average Bonchev–Trinajstić information content (AvgIpc) is 3.39. The first-order valence-corrected chi connectivity index (χ1v) is 13.1. The largest absolute Gasteiger partial charge is 0.453 e. The van der Waals surface area contributed by atoms with Crippen LogP contribution in [0.2, 0.25) is 0 Å². The molecule has 2 fully saturated rings. The van der Waals surface area contributed by atoms with Crippen molar-refractivity contribution in [1.82, 2.24) is 19.8 Å². The van der Waals surface area contributed by atoms with Gasteiger partial charge in [-0.3, -0.25) is 14.7 Å². The van der Waals surface area contributed by atoms with Gasteiger partial charge < -0.3 is 14.5 Å². The number of imidazole rings is 1. The van der Waals surface area contributed by atoms with E-state index in [2.05, 4.69) is 9.88 Å². The molecular formula is C27H37N5O4. The zero-order valence-electron chi connectivity index (χ0n) is 21.5. The molecule has 0 spiro atoms. The third kappa shape index (κ3) is 4.68. The highest BCUT2D eigenvalue weighted by Gasteiger charge is 2.47. The fourth-order valence-electron chi connectivity index (χ4n) is 6.71. The number of piperidine rings is 1. The molecule has 4 heterocycles. The van der Waals surface area contributed by atoms with Crippen molar-refractivity contribution in [2.24, 2.45) is 5.92 Å². The number of aromatic nitrogens is 2. The number of rotatable bonds is 6. The van der Waals surface area contributed by atoms with Crippen LogP contribution in [0.4, 0.5) is 15.3 Å². The summed E-state index contributed by atoms with van der Waals surface area (Å²) >= 11 is 0. The van der Waals surface area contributed by atoms with Crippen LogP contribution in [-0.4, -0.2) is 77.9 Å². The van der Waals surface area contributed by atoms with E-state index in [9.17, 15) is 9.59 Å². The molecule has 194 valence electrons. The van der Waals surface area contributed by atoms with E-state index < -0.39 is 0 Å². The lowest BCUT2D eigenvalue weighted by Crippen LogP contribution is -2.50. The van der Waals surface area contributed by atoms with E-state index in [1.54, 1.807) is 4.90 Å². The van der Waals surface area contributed by atoms with Crippen LogP contribution < -0.4 is 4.90 Å². The number of fused-ring (bicyclic) bond motifs is 3. The molecule has 2 unspecified atom stereocenters. The van der Waals surface area contributed by atoms with Gasteiger partial charge >= 0.3 is 12.2 Å². The third-order valence-electron chi connectivity index (χ3n) is 8.19. The number of aromatic amines is 1. The van der Waals surface area contributed by atoms with Crippen LogP contribution in [0.1, 0.15) is 55.4 Å². The number of ether oxygens (including phenoxy) is 2. The Balaban J connectivity index is 1.26. The Morgan fingerprint density at radius 3 is 2.50 bits per heavy atom. The van der Waals surface area contributed by atoms with Gasteiger partial charge in [0.1, 0.15) is 5.82 Å². The summed E-state index contributed by atoms with van der Waals surface area (Å²) < 4.78 is 10.2. The standard InChI is InChI=1S/C27H37N5O4/c1-18-28-23-12-15-32(27(34)36-3)25(24(23)29-18)19-16-21-10-11-22(17-19)30(21)13-7-14-31(26(33)35-2)20-8-5-4-6-9-20/h4-6,8-9,19,21-22,25H,7,10-17H2,1-3H3,(H,28,29)/t19?,21-,22+,25?. The van der Waals surface area contributed by atoms with Gasteiger partial charge in [-0.15, -0.1) is 0 Å². The second-order valence-corrected chi connectivity index (χ2v) is 10.2. The first-order chi connectivity index (χ1) is 17.5. The van der Waals surface area contributed by atoms with Crippen molar-refractivity contribution < 1.29 is 19.1 Å². The number of carbonyl (C=O) groups is 2. The van der Waals surface area contributed by atoms with E-state index in [0.717, 1.165) is 55.1 Å². The fraction of sp³-hybridized carbons (Fsp3) is 0.593. The smallest absolute Gasteiger partial charge is 0.413 e. The minimum absolute atomic E-state index is 0.0377. The number of benzene rings is 1. The van der Waals surface area contributed by atoms with Crippen LogP contribution in [-0.2, 0) is 15.9 Å². The summed E-state index contributed by atoms with van der Waals surface area (Å²) in [6.45, 7) is 4.20. The van der Waals surface area contributed by atoms with E-state index >= 15 is 0 Å². The van der Waals surface area contributed by atoms with Crippen LogP contribution in [0.15, 0.2) is 30.3 Å². The Hall–Kier alpha value is -3.07. The van der Waals surface area contributed by atoms with Gasteiger partial charge in [0.2, 0.25) is 0 Å². The highest BCUT2D eigenvalue weighted by molar-refractivity contribution is 5.87. The van der Waals surface area contributed by atoms with Crippen LogP contribution >= 0.6 is 0 Å². The lowest BCUT2D eigenvalue weighted by molar-refractivity contribution is 0.0350. The van der Waals surface area contributed by atoms with E-state index in [1.807, 2.05) is 42.2 Å². The summed E-state index contributed by atoms with van der Waals surface area (Å²) in [5, 5.41) is 0. The maximum Gasteiger partial charge on any atom is 0.413 e. The van der Waals surface area contributed by atoms with Crippen molar-refractivity contribution >= 4 is 17.9 Å². The third-order valence-corrected chi connectivity index (χ3v) is 8.19. The number of nitrogens with zero attached hydrogens (tertiary/aromatic N) is 4. The van der Waals surface area contributed by atoms with Crippen LogP contribution in [0, 0.1) is 12.8 Å². The van der Waals surface area contributed by atoms with Gasteiger partial charge in [0.15, 0.2) is 0 Å². The van der Waals surface area contributed by atoms with Gasteiger partial charge in [0.25, 0.3) is 0 Å². The molecule has 0 saturated carbocycles. The number of carbonyl (C=O) groups excluding carboxylic acids is 2. The van der Waals surface area contributed by atoms with E-state index in [0.29, 0.717) is 31.1 Å². The first kappa shape index (κ1) is 24.6. The Kier molecular flexibility index (Phi) is 7.18. The van der Waals surface area contributed by atoms with Gasteiger partial charge in [-0.05, 0) is 57.1 Å². The number of hydrogen-bond acceptors (Lipinski definition) is 6. The summed E-state index contributed by atoms with van der Waals surface area (Å²) in [5.74, 6) is 1.26. The van der Waals surface area contributed by atoms with Crippen molar-refractivity contribution in [3.63, 3.8) is 0 Å². The lowest BCUT2D eigenvalue weighted by Gasteiger charge is -2.45. The zero-order valence-corrected chi connectivity index (χ0v) is 21.5. The monoisotopic (exact) mass is 495 g/mol. The Labute approximate surface area is 212 Å². The number of aryl methyl sites for hydroxylation is 1. The highest BCUT2D eigenvalue weighted by atomic mass is 16.5. The van der Waals surface area contributed by atoms with Gasteiger partial charge in [0.05, 0.1) is 26.0 Å². The molecule has 0 radical (unpaired) electrons. The van der Waals surface area contributed by atoms with Crippen LogP contribution in [0.3, 0.4) is 0 Å². The zero-order chi connectivity index (χ0) is 25.2. The molecular weight excluding hydrogens is 458 g/mol. The fourth-order valence-corrected chi connectivity index (χ4v) is 6.71. The normalized spacial score (nSPS) is 25.4. The number of methoxy groups -OCH3 is 2. The Bertz CT molecular complexity index is 1060. The molecule has 1 aromatic heterocycles. The van der Waals surface area contributed by atoms with Gasteiger partial charge in [0, 0.05) is 49.5 Å². The molecule has 2 amide bonds. The second kappa shape index (κ2) is 10.5. The molecule has 2 saturated heterocycles. The number of para-hydroxylation sites is 1. The summed E-state index contributed by atoms with van der Waals surface area (Å²) in [7, 11) is 2.89. The Morgan fingerprint density at radius 1 is 1.11 bits per heavy atom. The predicted octanol–water partition coefficient (Wildman–Crippen LogP) is 4.29. The molecule has 2 bridgehead atoms. The molecule has 2 aromatic rings. The maximum absolute atomic E-state index is 12.7. The van der Waals surface area contributed by atoms with E-state index in [4.69, 9.17) is 14.5 Å². The number of amides is 2. The molecule has 3 aliphatic heterocycles. The van der Waals surface area contributed by atoms with Crippen molar-refractivity contribution in [3.8, 4) is 0 Å². The van der Waals surface area contributed by atoms with E-state index in [1.165, 1.54) is 27.1 Å². The number of nitrogens with one attached hydrogen (secondary N) is 1. The molecule has 36 heavy (non-hydrogen) atoms. The van der Waals surface area contributed by atoms with Crippen LogP contribution in [0.5, 0.6) is 0 Å². The number of H-pyrrole nitrogens is 1. The summed E-state index contributed by atoms with van der Waals surface area (Å²) in [6, 6.07) is 10.6. The Morgan fingerprint density at radius 2 is 1.83 bits per heavy atom. The molecule has 9 nitrogen and oxygen atoms in total. The summed E-state index contributed by atoms with van der Waals surface area (Å²) in [6.07, 6.45) is 5.51. The lowest BCUT2D eigenvalue weighted by atomic mass is 9.80. The molecule has 4 atom stereocenters. The molecule has 1 N–H and O–H groups in total. The second-order valence-electron chi connectivity index (χ2n) is 10.2. The predicted molar refractivity (Wildman–Crippen MR) is 136 cm³/mol. The molecule has 1 aromatic carbocycles. The van der Waals surface area contributed by atoms with Crippen molar-refractivity contribution in [2.45, 2.75) is 63.6 Å². The minimum atomic E-state index is -0.326. The van der Waals surface area contributed by atoms with Gasteiger partial charge in [-0.25, -0.2) is 14.6 Å². The van der Waals surface area contributed by atoms with E-state index in [-0.39, 0.29) is 18.2 Å². The number of hydrogen-bond donors (Lipinski definition) is 1. The van der Waals surface area contributed by atoms with Crippen molar-refractivity contribution in [3.05, 3.63) is 47.5 Å². The SMILES string of the molecule is COC(=O)N(CCCN1[C@@H]2CC[C@H]1CC(C1c3nc(C)[nH]c3CCN1C(=O)OC)C2)c1ccccc1. The molecule has 9 heteroatoms. The molecule has 0 aliphatic carbocycles. The van der Waals surface area contributed by atoms with Crippen molar-refractivity contribution in [1.29, 1.82) is 0 Å². The summed E-state index contributed by atoms with van der Waals surface area (Å²) in [5.41, 5.74) is 3.05. The maximum atomic E-state index is 12.7. The van der Waals surface area contributed by atoms with Gasteiger partial charge in [-0.2, -0.15) is 0 Å². The van der Waals surface area contributed by atoms with Crippen molar-refractivity contribution in [2.75, 3.05) is 38.8 Å². The van der Waals surface area contributed by atoms with Crippen LogP contribution in [0.25, 0.3) is 0 Å². The highest BCUT2D eigenvalue weighted by Crippen LogP contribution is 2.47. The summed E-state index contributed by atoms with van der Waals surface area (Å²) in [4.78, 5) is 39.6. The molecule has 3 aliphatic rings. The van der Waals surface area contributed by atoms with Gasteiger partial charge in [-0.1, -0.05) is 18.2 Å². The minimum Gasteiger partial charge on any atom is -0.453 e. The topological polar surface area (TPSA) is 91.0 Å². The first-order valence-electron chi connectivity index (χ1n) is 13.1. The average molecular weight is 496 g/mol.